The Morgan fingerprint density at radius 3 is 1.67 bits per heavy atom. The van der Waals surface area contributed by atoms with Crippen LogP contribution in [-0.2, 0) is 28.8 Å². The zero-order valence-electron chi connectivity index (χ0n) is 15.6. The van der Waals surface area contributed by atoms with E-state index < -0.39 is 79.1 Å². The molecular formula is C15H24N4O9S2. The van der Waals surface area contributed by atoms with E-state index in [2.05, 4.69) is 35.9 Å². The Bertz CT molecular complexity index is 676. The summed E-state index contributed by atoms with van der Waals surface area (Å²) in [6.07, 6.45) is -1.91. The smallest absolute Gasteiger partial charge is 0.326 e. The topological polar surface area (TPSA) is 225 Å². The third-order valence-corrected chi connectivity index (χ3v) is 4.38. The van der Waals surface area contributed by atoms with E-state index in [4.69, 9.17) is 21.1 Å². The predicted molar refractivity (Wildman–Crippen MR) is 108 cm³/mol. The molecule has 0 aromatic rings. The first-order valence-electron chi connectivity index (χ1n) is 8.47. The van der Waals surface area contributed by atoms with Gasteiger partial charge >= 0.3 is 17.9 Å². The van der Waals surface area contributed by atoms with Gasteiger partial charge in [-0.3, -0.25) is 24.0 Å². The van der Waals surface area contributed by atoms with Crippen LogP contribution in [0.2, 0.25) is 0 Å². The van der Waals surface area contributed by atoms with Crippen molar-refractivity contribution >= 4 is 60.9 Å². The number of hydrogen-bond acceptors (Lipinski definition) is 9. The van der Waals surface area contributed by atoms with Crippen molar-refractivity contribution in [2.24, 2.45) is 5.73 Å². The fraction of sp³-hybridized carbons (Fsp3) is 0.600. The molecule has 0 saturated heterocycles. The maximum absolute atomic E-state index is 12.4. The molecular weight excluding hydrogens is 444 g/mol. The minimum Gasteiger partial charge on any atom is -0.481 e. The number of rotatable bonds is 14. The highest BCUT2D eigenvalue weighted by Gasteiger charge is 2.30. The number of carbonyl (C=O) groups is 6. The van der Waals surface area contributed by atoms with Gasteiger partial charge in [0.2, 0.25) is 17.7 Å². The molecule has 0 aliphatic carbocycles. The zero-order valence-corrected chi connectivity index (χ0v) is 17.4. The van der Waals surface area contributed by atoms with Gasteiger partial charge in [0.05, 0.1) is 12.5 Å². The first-order valence-corrected chi connectivity index (χ1v) is 9.74. The summed E-state index contributed by atoms with van der Waals surface area (Å²) in [6.45, 7) is 0. The Hall–Kier alpha value is -2.52. The standard InChI is InChI=1S/C15H24N4O9S2/c16-6(4-29)12(24)19-9(5-30)14(26)17-7(1-2-10(20)21)13(25)18-8(15(27)28)3-11(22)23/h6-9,29-30H,1-5,16H2,(H,17,26)(H,18,25)(H,19,24)(H,20,21)(H,22,23)(H,27,28). The van der Waals surface area contributed by atoms with Crippen molar-refractivity contribution < 1.29 is 44.1 Å². The molecule has 13 nitrogen and oxygen atoms in total. The van der Waals surface area contributed by atoms with E-state index in [-0.39, 0.29) is 11.5 Å². The molecule has 0 heterocycles. The number of carbonyl (C=O) groups excluding carboxylic acids is 3. The molecule has 0 rings (SSSR count). The van der Waals surface area contributed by atoms with E-state index >= 15 is 0 Å². The number of aliphatic carboxylic acids is 3. The van der Waals surface area contributed by atoms with Crippen LogP contribution in [0.4, 0.5) is 0 Å². The lowest BCUT2D eigenvalue weighted by molar-refractivity contribution is -0.147. The summed E-state index contributed by atoms with van der Waals surface area (Å²) in [4.78, 5) is 69.3. The van der Waals surface area contributed by atoms with Gasteiger partial charge in [-0.1, -0.05) is 0 Å². The maximum Gasteiger partial charge on any atom is 0.326 e. The second-order valence-corrected chi connectivity index (χ2v) is 6.75. The number of amides is 3. The molecule has 30 heavy (non-hydrogen) atoms. The summed E-state index contributed by atoms with van der Waals surface area (Å²) in [6, 6.07) is -5.56. The normalized spacial score (nSPS) is 14.5. The van der Waals surface area contributed by atoms with Crippen LogP contribution in [0.5, 0.6) is 0 Å². The van der Waals surface area contributed by atoms with Crippen molar-refractivity contribution in [1.82, 2.24) is 16.0 Å². The van der Waals surface area contributed by atoms with Crippen LogP contribution in [-0.4, -0.2) is 86.6 Å². The van der Waals surface area contributed by atoms with Crippen molar-refractivity contribution in [2.75, 3.05) is 11.5 Å². The van der Waals surface area contributed by atoms with Gasteiger partial charge in [0, 0.05) is 17.9 Å². The van der Waals surface area contributed by atoms with Crippen LogP contribution < -0.4 is 21.7 Å². The van der Waals surface area contributed by atoms with Gasteiger partial charge in [-0.2, -0.15) is 25.3 Å². The predicted octanol–water partition coefficient (Wildman–Crippen LogP) is -2.95. The molecule has 0 radical (unpaired) electrons. The summed E-state index contributed by atoms with van der Waals surface area (Å²) in [5.41, 5.74) is 5.49. The summed E-state index contributed by atoms with van der Waals surface area (Å²) >= 11 is 7.79. The first kappa shape index (κ1) is 27.5. The molecule has 0 aliphatic rings. The van der Waals surface area contributed by atoms with Crippen LogP contribution in [0.3, 0.4) is 0 Å². The Morgan fingerprint density at radius 2 is 1.23 bits per heavy atom. The van der Waals surface area contributed by atoms with E-state index in [0.717, 1.165) is 0 Å². The Balaban J connectivity index is 5.34. The van der Waals surface area contributed by atoms with E-state index in [9.17, 15) is 28.8 Å². The maximum atomic E-state index is 12.4. The monoisotopic (exact) mass is 468 g/mol. The number of nitrogens with one attached hydrogen (secondary N) is 3. The third-order valence-electron chi connectivity index (χ3n) is 3.62. The highest BCUT2D eigenvalue weighted by atomic mass is 32.1. The second kappa shape index (κ2) is 13.7. The van der Waals surface area contributed by atoms with Gasteiger partial charge in [0.1, 0.15) is 18.1 Å². The van der Waals surface area contributed by atoms with Crippen LogP contribution in [0.25, 0.3) is 0 Å². The fourth-order valence-electron chi connectivity index (χ4n) is 2.01. The molecule has 15 heteroatoms. The molecule has 0 fully saturated rings. The lowest BCUT2D eigenvalue weighted by atomic mass is 10.1. The molecule has 4 unspecified atom stereocenters. The van der Waals surface area contributed by atoms with Crippen molar-refractivity contribution in [2.45, 2.75) is 43.4 Å². The first-order chi connectivity index (χ1) is 13.9. The van der Waals surface area contributed by atoms with Crippen LogP contribution in [0, 0.1) is 0 Å². The van der Waals surface area contributed by atoms with Crippen LogP contribution in [0.15, 0.2) is 0 Å². The van der Waals surface area contributed by atoms with E-state index in [0.29, 0.717) is 0 Å². The minimum absolute atomic E-state index is 0.00343. The van der Waals surface area contributed by atoms with Crippen LogP contribution >= 0.6 is 25.3 Å². The van der Waals surface area contributed by atoms with Gasteiger partial charge in [-0.25, -0.2) is 4.79 Å². The van der Waals surface area contributed by atoms with Crippen molar-refractivity contribution in [3.8, 4) is 0 Å². The fourth-order valence-corrected chi connectivity index (χ4v) is 2.43. The van der Waals surface area contributed by atoms with E-state index in [1.807, 2.05) is 5.32 Å². The highest BCUT2D eigenvalue weighted by Crippen LogP contribution is 2.03. The number of thiol groups is 2. The van der Waals surface area contributed by atoms with Gasteiger partial charge in [0.25, 0.3) is 0 Å². The second-order valence-electron chi connectivity index (χ2n) is 6.02. The van der Waals surface area contributed by atoms with Gasteiger partial charge in [-0.05, 0) is 6.42 Å². The van der Waals surface area contributed by atoms with Gasteiger partial charge in [0.15, 0.2) is 0 Å². The summed E-state index contributed by atoms with van der Waals surface area (Å²) in [7, 11) is 0. The van der Waals surface area contributed by atoms with Gasteiger partial charge < -0.3 is 37.0 Å². The SMILES string of the molecule is NC(CS)C(=O)NC(CS)C(=O)NC(CCC(=O)O)C(=O)NC(CC(=O)O)C(=O)O. The molecule has 170 valence electrons. The van der Waals surface area contributed by atoms with E-state index in [1.54, 1.807) is 0 Å². The van der Waals surface area contributed by atoms with Gasteiger partial charge in [-0.15, -0.1) is 0 Å². The third kappa shape index (κ3) is 10.3. The van der Waals surface area contributed by atoms with Crippen molar-refractivity contribution in [3.05, 3.63) is 0 Å². The average Bonchev–Trinajstić information content (AvgIpc) is 2.66. The Labute approximate surface area is 181 Å². The molecule has 0 aromatic carbocycles. The molecule has 0 bridgehead atoms. The number of hydrogen-bond donors (Lipinski definition) is 9. The number of carboxylic acid groups (broad SMARTS) is 3. The average molecular weight is 469 g/mol. The summed E-state index contributed by atoms with van der Waals surface area (Å²) in [5.74, 6) is -7.33. The number of nitrogens with two attached hydrogens (primary N) is 1. The van der Waals surface area contributed by atoms with Crippen LogP contribution in [0.1, 0.15) is 19.3 Å². The molecule has 0 saturated carbocycles. The summed E-state index contributed by atoms with van der Waals surface area (Å²) in [5, 5.41) is 33.0. The summed E-state index contributed by atoms with van der Waals surface area (Å²) < 4.78 is 0. The molecule has 0 spiro atoms. The van der Waals surface area contributed by atoms with Crippen molar-refractivity contribution in [3.63, 3.8) is 0 Å². The zero-order chi connectivity index (χ0) is 23.4. The van der Waals surface area contributed by atoms with Crippen molar-refractivity contribution in [1.29, 1.82) is 0 Å². The molecule has 4 atom stereocenters. The quantitative estimate of drug-likeness (QED) is 0.118. The molecule has 0 aromatic heterocycles. The molecule has 8 N–H and O–H groups in total. The van der Waals surface area contributed by atoms with E-state index in [1.165, 1.54) is 0 Å². The lowest BCUT2D eigenvalue weighted by Crippen LogP contribution is -2.58. The highest BCUT2D eigenvalue weighted by molar-refractivity contribution is 7.80. The minimum atomic E-state index is -1.80. The number of carboxylic acids is 3. The largest absolute Gasteiger partial charge is 0.481 e. The lowest BCUT2D eigenvalue weighted by Gasteiger charge is -2.24. The Morgan fingerprint density at radius 1 is 0.733 bits per heavy atom. The molecule has 3 amide bonds. The molecule has 0 aliphatic heterocycles. The Kier molecular flexibility index (Phi) is 12.5.